The summed E-state index contributed by atoms with van der Waals surface area (Å²) in [5.41, 5.74) is 1.16. The predicted molar refractivity (Wildman–Crippen MR) is 119 cm³/mol. The van der Waals surface area contributed by atoms with Gasteiger partial charge in [0.2, 0.25) is 0 Å². The Morgan fingerprint density at radius 3 is 2.36 bits per heavy atom. The molecule has 2 aromatic heterocycles. The van der Waals surface area contributed by atoms with Crippen molar-refractivity contribution < 1.29 is 17.9 Å². The van der Waals surface area contributed by atoms with Crippen molar-refractivity contribution in [3.8, 4) is 11.8 Å². The van der Waals surface area contributed by atoms with Crippen LogP contribution in [0.5, 0.6) is 5.75 Å². The number of benzene rings is 1. The van der Waals surface area contributed by atoms with Gasteiger partial charge in [-0.3, -0.25) is 4.98 Å². The molecular weight excluding hydrogens is 431 g/mol. The van der Waals surface area contributed by atoms with Crippen molar-refractivity contribution in [3.05, 3.63) is 72.2 Å². The molecule has 0 N–H and O–H groups in total. The molecule has 0 saturated carbocycles. The zero-order valence-corrected chi connectivity index (χ0v) is 18.0. The number of nitrogens with zero attached hydrogens (tertiary/aromatic N) is 5. The third-order valence-electron chi connectivity index (χ3n) is 5.74. The summed E-state index contributed by atoms with van der Waals surface area (Å²) in [7, 11) is 1.56. The highest BCUT2D eigenvalue weighted by molar-refractivity contribution is 5.69. The minimum Gasteiger partial charge on any atom is -0.494 e. The summed E-state index contributed by atoms with van der Waals surface area (Å²) in [6, 6.07) is 12.6. The summed E-state index contributed by atoms with van der Waals surface area (Å²) in [5.74, 6) is 1.40. The molecule has 170 valence electrons. The first-order valence-electron chi connectivity index (χ1n) is 10.5. The van der Waals surface area contributed by atoms with Crippen molar-refractivity contribution in [1.29, 1.82) is 5.26 Å². The van der Waals surface area contributed by atoms with Gasteiger partial charge < -0.3 is 14.5 Å². The Bertz CT molecular complexity index is 1120. The first kappa shape index (κ1) is 22.4. The van der Waals surface area contributed by atoms with E-state index in [9.17, 15) is 13.2 Å². The fourth-order valence-corrected chi connectivity index (χ4v) is 4.08. The number of halogens is 3. The molecule has 1 aromatic carbocycles. The molecule has 1 saturated heterocycles. The van der Waals surface area contributed by atoms with Gasteiger partial charge in [0.25, 0.3) is 0 Å². The Hall–Kier alpha value is -3.80. The molecule has 0 spiro atoms. The number of methoxy groups -OCH3 is 1. The molecule has 0 aliphatic carbocycles. The number of rotatable bonds is 5. The highest BCUT2D eigenvalue weighted by Gasteiger charge is 2.32. The number of pyridine rings is 2. The van der Waals surface area contributed by atoms with Crippen LogP contribution >= 0.6 is 0 Å². The van der Waals surface area contributed by atoms with Gasteiger partial charge >= 0.3 is 6.18 Å². The number of alkyl halides is 3. The molecule has 3 heterocycles. The molecule has 0 radical (unpaired) electrons. The lowest BCUT2D eigenvalue weighted by molar-refractivity contribution is -0.137. The molecule has 4 rings (SSSR count). The number of hydrogen-bond acceptors (Lipinski definition) is 6. The molecule has 0 bridgehead atoms. The first-order chi connectivity index (χ1) is 15.9. The average molecular weight is 453 g/mol. The van der Waals surface area contributed by atoms with Crippen LogP contribution in [0.3, 0.4) is 0 Å². The fourth-order valence-electron chi connectivity index (χ4n) is 4.08. The molecule has 6 nitrogen and oxygen atoms in total. The standard InChI is InChI=1S/C24H22F3N5O/c1-33-22-8-11-29-16-21(22)32(19-5-3-18(4-6-19)24(25,26)27)20-9-12-31(13-10-20)23-7-2-17(14-28)15-30-23/h2-8,11,15-16,20H,9-10,12-13H2,1H3. The summed E-state index contributed by atoms with van der Waals surface area (Å²) in [6.07, 6.45) is 1.95. The average Bonchev–Trinajstić information content (AvgIpc) is 2.85. The molecule has 3 aromatic rings. The third kappa shape index (κ3) is 4.85. The van der Waals surface area contributed by atoms with E-state index in [2.05, 4.69) is 20.9 Å². The van der Waals surface area contributed by atoms with E-state index in [1.165, 1.54) is 12.1 Å². The Kier molecular flexibility index (Phi) is 6.36. The number of piperidine rings is 1. The van der Waals surface area contributed by atoms with E-state index in [4.69, 9.17) is 10.00 Å². The lowest BCUT2D eigenvalue weighted by atomic mass is 10.0. The highest BCUT2D eigenvalue weighted by Crippen LogP contribution is 2.39. The van der Waals surface area contributed by atoms with Gasteiger partial charge in [0.1, 0.15) is 23.3 Å². The topological polar surface area (TPSA) is 65.3 Å². The van der Waals surface area contributed by atoms with Crippen LogP contribution in [0.15, 0.2) is 61.1 Å². The zero-order valence-electron chi connectivity index (χ0n) is 18.0. The van der Waals surface area contributed by atoms with Crippen LogP contribution in [0.25, 0.3) is 0 Å². The van der Waals surface area contributed by atoms with Crippen LogP contribution < -0.4 is 14.5 Å². The smallest absolute Gasteiger partial charge is 0.416 e. The largest absolute Gasteiger partial charge is 0.494 e. The minimum absolute atomic E-state index is 0.0227. The quantitative estimate of drug-likeness (QED) is 0.530. The number of hydrogen-bond donors (Lipinski definition) is 0. The van der Waals surface area contributed by atoms with Crippen molar-refractivity contribution in [2.24, 2.45) is 0 Å². The van der Waals surface area contributed by atoms with Crippen LogP contribution in [0.2, 0.25) is 0 Å². The molecule has 0 unspecified atom stereocenters. The van der Waals surface area contributed by atoms with Gasteiger partial charge in [0.15, 0.2) is 0 Å². The molecule has 0 atom stereocenters. The maximum Gasteiger partial charge on any atom is 0.416 e. The van der Waals surface area contributed by atoms with Crippen LogP contribution in [-0.4, -0.2) is 36.2 Å². The van der Waals surface area contributed by atoms with Crippen LogP contribution in [-0.2, 0) is 6.18 Å². The van der Waals surface area contributed by atoms with E-state index >= 15 is 0 Å². The number of aromatic nitrogens is 2. The zero-order chi connectivity index (χ0) is 23.4. The third-order valence-corrected chi connectivity index (χ3v) is 5.74. The van der Waals surface area contributed by atoms with E-state index in [0.29, 0.717) is 35.8 Å². The highest BCUT2D eigenvalue weighted by atomic mass is 19.4. The lowest BCUT2D eigenvalue weighted by Crippen LogP contribution is -2.43. The van der Waals surface area contributed by atoms with Gasteiger partial charge in [-0.25, -0.2) is 4.98 Å². The monoisotopic (exact) mass is 453 g/mol. The second-order valence-electron chi connectivity index (χ2n) is 7.70. The van der Waals surface area contributed by atoms with Gasteiger partial charge in [-0.15, -0.1) is 0 Å². The molecule has 1 aliphatic rings. The van der Waals surface area contributed by atoms with Gasteiger partial charge in [0, 0.05) is 43.3 Å². The maximum absolute atomic E-state index is 13.1. The predicted octanol–water partition coefficient (Wildman–Crippen LogP) is 5.18. The Balaban J connectivity index is 1.61. The van der Waals surface area contributed by atoms with Crippen LogP contribution in [0.4, 0.5) is 30.4 Å². The fraction of sp³-hybridized carbons (Fsp3) is 0.292. The summed E-state index contributed by atoms with van der Waals surface area (Å²) >= 11 is 0. The van der Waals surface area contributed by atoms with E-state index in [1.807, 2.05) is 11.0 Å². The normalized spacial score (nSPS) is 14.6. The molecule has 0 amide bonds. The van der Waals surface area contributed by atoms with E-state index in [-0.39, 0.29) is 6.04 Å². The van der Waals surface area contributed by atoms with Crippen molar-refractivity contribution in [2.75, 3.05) is 30.0 Å². The van der Waals surface area contributed by atoms with Crippen LogP contribution in [0.1, 0.15) is 24.0 Å². The summed E-state index contributed by atoms with van der Waals surface area (Å²) in [6.45, 7) is 1.42. The van der Waals surface area contributed by atoms with Crippen molar-refractivity contribution in [2.45, 2.75) is 25.1 Å². The Morgan fingerprint density at radius 1 is 1.06 bits per heavy atom. The summed E-state index contributed by atoms with van der Waals surface area (Å²) in [4.78, 5) is 12.7. The van der Waals surface area contributed by atoms with Crippen molar-refractivity contribution in [1.82, 2.24) is 9.97 Å². The van der Waals surface area contributed by atoms with Gasteiger partial charge in [-0.2, -0.15) is 18.4 Å². The summed E-state index contributed by atoms with van der Waals surface area (Å²) < 4.78 is 44.8. The van der Waals surface area contributed by atoms with E-state index in [1.54, 1.807) is 37.8 Å². The van der Waals surface area contributed by atoms with Gasteiger partial charge in [-0.1, -0.05) is 0 Å². The molecule has 9 heteroatoms. The second kappa shape index (κ2) is 9.36. The molecule has 1 aliphatic heterocycles. The number of nitriles is 1. The minimum atomic E-state index is -4.39. The lowest BCUT2D eigenvalue weighted by Gasteiger charge is -2.40. The Labute approximate surface area is 189 Å². The first-order valence-corrected chi connectivity index (χ1v) is 10.5. The molecule has 1 fully saturated rings. The Morgan fingerprint density at radius 2 is 1.79 bits per heavy atom. The van der Waals surface area contributed by atoms with Gasteiger partial charge in [-0.05, 0) is 49.2 Å². The van der Waals surface area contributed by atoms with Crippen LogP contribution in [0, 0.1) is 11.3 Å². The van der Waals surface area contributed by atoms with E-state index in [0.717, 1.165) is 30.8 Å². The van der Waals surface area contributed by atoms with Crippen molar-refractivity contribution >= 4 is 17.2 Å². The molecule has 33 heavy (non-hydrogen) atoms. The summed E-state index contributed by atoms with van der Waals surface area (Å²) in [5, 5.41) is 8.97. The van der Waals surface area contributed by atoms with Crippen molar-refractivity contribution in [3.63, 3.8) is 0 Å². The number of anilines is 3. The second-order valence-corrected chi connectivity index (χ2v) is 7.70. The van der Waals surface area contributed by atoms with Gasteiger partial charge in [0.05, 0.1) is 24.4 Å². The maximum atomic E-state index is 13.1. The number of ether oxygens (including phenoxy) is 1. The SMILES string of the molecule is COc1ccncc1N(c1ccc(C(F)(F)F)cc1)C1CCN(c2ccc(C#N)cn2)CC1. The van der Waals surface area contributed by atoms with E-state index < -0.39 is 11.7 Å². The molecular formula is C24H22F3N5O.